The van der Waals surface area contributed by atoms with E-state index in [9.17, 15) is 8.42 Å². The highest BCUT2D eigenvalue weighted by Gasteiger charge is 2.16. The van der Waals surface area contributed by atoms with E-state index in [1.165, 1.54) is 0 Å². The first kappa shape index (κ1) is 12.7. The zero-order chi connectivity index (χ0) is 12.2. The van der Waals surface area contributed by atoms with Crippen LogP contribution in [0.15, 0.2) is 35.7 Å². The average Bonchev–Trinajstić information content (AvgIpc) is 2.22. The SMILES string of the molecule is C=CCCNS(=O)(=O)c1cccc(N)c1C. The molecule has 0 aliphatic rings. The summed E-state index contributed by atoms with van der Waals surface area (Å²) < 4.78 is 26.2. The molecule has 0 aliphatic carbocycles. The number of nitrogens with one attached hydrogen (secondary N) is 1. The molecule has 0 saturated carbocycles. The van der Waals surface area contributed by atoms with Crippen molar-refractivity contribution in [3.8, 4) is 0 Å². The van der Waals surface area contributed by atoms with Gasteiger partial charge >= 0.3 is 0 Å². The Kier molecular flexibility index (Phi) is 4.09. The van der Waals surface area contributed by atoms with E-state index >= 15 is 0 Å². The molecule has 1 rings (SSSR count). The second-order valence-electron chi connectivity index (χ2n) is 3.45. The van der Waals surface area contributed by atoms with E-state index in [0.717, 1.165) is 0 Å². The van der Waals surface area contributed by atoms with Crippen molar-refractivity contribution < 1.29 is 8.42 Å². The molecule has 0 amide bonds. The van der Waals surface area contributed by atoms with Gasteiger partial charge in [0.05, 0.1) is 4.90 Å². The van der Waals surface area contributed by atoms with Crippen LogP contribution in [0, 0.1) is 6.92 Å². The Morgan fingerprint density at radius 3 is 2.81 bits per heavy atom. The van der Waals surface area contributed by atoms with Crippen LogP contribution in [-0.4, -0.2) is 15.0 Å². The molecule has 0 atom stereocenters. The minimum Gasteiger partial charge on any atom is -0.398 e. The average molecular weight is 240 g/mol. The van der Waals surface area contributed by atoms with Crippen molar-refractivity contribution in [1.29, 1.82) is 0 Å². The quantitative estimate of drug-likeness (QED) is 0.464. The number of nitrogens with two attached hydrogens (primary N) is 1. The molecule has 5 heteroatoms. The molecule has 16 heavy (non-hydrogen) atoms. The summed E-state index contributed by atoms with van der Waals surface area (Å²) in [6, 6.07) is 4.85. The van der Waals surface area contributed by atoms with Gasteiger partial charge in [-0.2, -0.15) is 0 Å². The number of rotatable bonds is 5. The first-order chi connectivity index (χ1) is 7.49. The molecule has 0 fully saturated rings. The third-order valence-corrected chi connectivity index (χ3v) is 3.86. The van der Waals surface area contributed by atoms with Crippen LogP contribution >= 0.6 is 0 Å². The fourth-order valence-electron chi connectivity index (χ4n) is 1.30. The molecule has 0 saturated heterocycles. The monoisotopic (exact) mass is 240 g/mol. The maximum Gasteiger partial charge on any atom is 0.240 e. The second-order valence-corrected chi connectivity index (χ2v) is 5.18. The van der Waals surface area contributed by atoms with Crippen LogP contribution in [0.2, 0.25) is 0 Å². The van der Waals surface area contributed by atoms with Crippen molar-refractivity contribution in [3.05, 3.63) is 36.4 Å². The lowest BCUT2D eigenvalue weighted by Crippen LogP contribution is -2.25. The number of sulfonamides is 1. The van der Waals surface area contributed by atoms with Crippen LogP contribution in [0.4, 0.5) is 5.69 Å². The molecule has 0 aliphatic heterocycles. The molecule has 0 aromatic heterocycles. The second kappa shape index (κ2) is 5.14. The molecular formula is C11H16N2O2S. The summed E-state index contributed by atoms with van der Waals surface area (Å²) in [5.74, 6) is 0. The van der Waals surface area contributed by atoms with Gasteiger partial charge < -0.3 is 5.73 Å². The minimum atomic E-state index is -3.46. The van der Waals surface area contributed by atoms with Crippen molar-refractivity contribution in [2.24, 2.45) is 0 Å². The van der Waals surface area contributed by atoms with Gasteiger partial charge in [0.25, 0.3) is 0 Å². The van der Waals surface area contributed by atoms with E-state index < -0.39 is 10.0 Å². The van der Waals surface area contributed by atoms with Crippen molar-refractivity contribution in [1.82, 2.24) is 4.72 Å². The van der Waals surface area contributed by atoms with Crippen LogP contribution in [0.25, 0.3) is 0 Å². The predicted molar refractivity (Wildman–Crippen MR) is 65.6 cm³/mol. The van der Waals surface area contributed by atoms with Crippen LogP contribution in [0.3, 0.4) is 0 Å². The lowest BCUT2D eigenvalue weighted by Gasteiger charge is -2.09. The summed E-state index contributed by atoms with van der Waals surface area (Å²) in [4.78, 5) is 0.233. The first-order valence-electron chi connectivity index (χ1n) is 4.94. The van der Waals surface area contributed by atoms with Crippen molar-refractivity contribution >= 4 is 15.7 Å². The lowest BCUT2D eigenvalue weighted by atomic mass is 10.2. The number of benzene rings is 1. The van der Waals surface area contributed by atoms with E-state index in [0.29, 0.717) is 24.2 Å². The summed E-state index contributed by atoms with van der Waals surface area (Å²) in [6.07, 6.45) is 2.26. The molecule has 1 aromatic rings. The fraction of sp³-hybridized carbons (Fsp3) is 0.273. The molecular weight excluding hydrogens is 224 g/mol. The molecule has 0 heterocycles. The van der Waals surface area contributed by atoms with Gasteiger partial charge in [-0.3, -0.25) is 0 Å². The molecule has 0 unspecified atom stereocenters. The largest absolute Gasteiger partial charge is 0.398 e. The van der Waals surface area contributed by atoms with Crippen LogP contribution in [0.1, 0.15) is 12.0 Å². The normalized spacial score (nSPS) is 11.3. The van der Waals surface area contributed by atoms with E-state index in [-0.39, 0.29) is 4.90 Å². The molecule has 0 spiro atoms. The van der Waals surface area contributed by atoms with Crippen molar-refractivity contribution in [3.63, 3.8) is 0 Å². The highest BCUT2D eigenvalue weighted by atomic mass is 32.2. The Bertz CT molecular complexity index is 481. The summed E-state index contributed by atoms with van der Waals surface area (Å²) in [6.45, 7) is 5.57. The molecule has 3 N–H and O–H groups in total. The van der Waals surface area contributed by atoms with Gasteiger partial charge in [0.1, 0.15) is 0 Å². The first-order valence-corrected chi connectivity index (χ1v) is 6.43. The van der Waals surface area contributed by atoms with Gasteiger partial charge in [0.2, 0.25) is 10.0 Å². The number of hydrogen-bond acceptors (Lipinski definition) is 3. The summed E-state index contributed by atoms with van der Waals surface area (Å²) in [7, 11) is -3.46. The highest BCUT2D eigenvalue weighted by Crippen LogP contribution is 2.19. The van der Waals surface area contributed by atoms with Crippen LogP contribution in [0.5, 0.6) is 0 Å². The minimum absolute atomic E-state index is 0.233. The molecule has 4 nitrogen and oxygen atoms in total. The fourth-order valence-corrected chi connectivity index (χ4v) is 2.62. The Balaban J connectivity index is 2.98. The van der Waals surface area contributed by atoms with E-state index in [2.05, 4.69) is 11.3 Å². The van der Waals surface area contributed by atoms with Crippen molar-refractivity contribution in [2.45, 2.75) is 18.2 Å². The van der Waals surface area contributed by atoms with E-state index in [4.69, 9.17) is 5.73 Å². The number of hydrogen-bond donors (Lipinski definition) is 2. The molecule has 88 valence electrons. The van der Waals surface area contributed by atoms with Crippen molar-refractivity contribution in [2.75, 3.05) is 12.3 Å². The zero-order valence-corrected chi connectivity index (χ0v) is 10.0. The Hall–Kier alpha value is -1.33. The van der Waals surface area contributed by atoms with Gasteiger partial charge in [-0.25, -0.2) is 13.1 Å². The maximum atomic E-state index is 11.9. The van der Waals surface area contributed by atoms with Gasteiger partial charge in [0, 0.05) is 12.2 Å². The molecule has 0 radical (unpaired) electrons. The summed E-state index contributed by atoms with van der Waals surface area (Å²) in [5, 5.41) is 0. The predicted octanol–water partition coefficient (Wildman–Crippen LogP) is 1.43. The third-order valence-electron chi connectivity index (χ3n) is 2.26. The van der Waals surface area contributed by atoms with Gasteiger partial charge in [0.15, 0.2) is 0 Å². The van der Waals surface area contributed by atoms with Gasteiger partial charge in [-0.05, 0) is 31.0 Å². The maximum absolute atomic E-state index is 11.9. The summed E-state index contributed by atoms with van der Waals surface area (Å²) >= 11 is 0. The Morgan fingerprint density at radius 1 is 1.50 bits per heavy atom. The standard InChI is InChI=1S/C11H16N2O2S/c1-3-4-8-13-16(14,15)11-7-5-6-10(12)9(11)2/h3,5-7,13H,1,4,8,12H2,2H3. The van der Waals surface area contributed by atoms with E-state index in [1.807, 2.05) is 0 Å². The smallest absolute Gasteiger partial charge is 0.240 e. The Labute approximate surface area is 96.2 Å². The summed E-state index contributed by atoms with van der Waals surface area (Å²) in [5.41, 5.74) is 6.72. The topological polar surface area (TPSA) is 72.2 Å². The lowest BCUT2D eigenvalue weighted by molar-refractivity contribution is 0.581. The van der Waals surface area contributed by atoms with Gasteiger partial charge in [-0.15, -0.1) is 6.58 Å². The molecule has 1 aromatic carbocycles. The Morgan fingerprint density at radius 2 is 2.19 bits per heavy atom. The molecule has 0 bridgehead atoms. The van der Waals surface area contributed by atoms with Gasteiger partial charge in [-0.1, -0.05) is 12.1 Å². The highest BCUT2D eigenvalue weighted by molar-refractivity contribution is 7.89. The zero-order valence-electron chi connectivity index (χ0n) is 9.23. The van der Waals surface area contributed by atoms with E-state index in [1.54, 1.807) is 31.2 Å². The van der Waals surface area contributed by atoms with Crippen LogP contribution < -0.4 is 10.5 Å². The van der Waals surface area contributed by atoms with Crippen LogP contribution in [-0.2, 0) is 10.0 Å². The third kappa shape index (κ3) is 2.84. The number of anilines is 1. The number of nitrogen functional groups attached to an aromatic ring is 1.